The Morgan fingerprint density at radius 1 is 1.28 bits per heavy atom. The van der Waals surface area contributed by atoms with Crippen LogP contribution in [-0.2, 0) is 21.3 Å². The predicted octanol–water partition coefficient (Wildman–Crippen LogP) is 1.13. The monoisotopic (exact) mass is 536 g/mol. The fourth-order valence-corrected chi connectivity index (χ4v) is 5.18. The lowest BCUT2D eigenvalue weighted by molar-refractivity contribution is -0.0763. The zero-order valence-electron chi connectivity index (χ0n) is 19.6. The number of sulfonamides is 1. The summed E-state index contributed by atoms with van der Waals surface area (Å²) in [4.78, 5) is 20.6. The van der Waals surface area contributed by atoms with Gasteiger partial charge in [0.1, 0.15) is 16.6 Å². The molecular weight excluding hydrogens is 512 g/mol. The molecular formula is C22H25ClN6O6S. The van der Waals surface area contributed by atoms with Gasteiger partial charge in [-0.2, -0.15) is 0 Å². The molecule has 0 bridgehead atoms. The van der Waals surface area contributed by atoms with Crippen molar-refractivity contribution in [3.05, 3.63) is 41.2 Å². The lowest BCUT2D eigenvalue weighted by Gasteiger charge is -2.45. The summed E-state index contributed by atoms with van der Waals surface area (Å²) >= 11 is 6.20. The minimum atomic E-state index is -3.36. The largest absolute Gasteiger partial charge is 0.494 e. The van der Waals surface area contributed by atoms with E-state index in [0.29, 0.717) is 59.9 Å². The van der Waals surface area contributed by atoms with Gasteiger partial charge in [-0.3, -0.25) is 9.80 Å². The van der Waals surface area contributed by atoms with Gasteiger partial charge in [-0.15, -0.1) is 5.10 Å². The van der Waals surface area contributed by atoms with Crippen molar-refractivity contribution in [3.63, 3.8) is 0 Å². The summed E-state index contributed by atoms with van der Waals surface area (Å²) in [5.74, 6) is 0.826. The highest BCUT2D eigenvalue weighted by Gasteiger charge is 2.54. The van der Waals surface area contributed by atoms with Gasteiger partial charge in [-0.1, -0.05) is 17.7 Å². The van der Waals surface area contributed by atoms with Gasteiger partial charge in [-0.05, 0) is 17.7 Å². The van der Waals surface area contributed by atoms with Crippen molar-refractivity contribution < 1.29 is 27.8 Å². The number of methoxy groups -OCH3 is 1. The number of benzene rings is 1. The number of β-amino-alcohol motifs (C(OH)–C–C–N with tert-alkyl or cyclic N) is 1. The quantitative estimate of drug-likeness (QED) is 0.405. The number of carbonyl (C=O) groups excluding carboxylic acids is 1. The van der Waals surface area contributed by atoms with Crippen LogP contribution in [0.25, 0.3) is 16.6 Å². The molecule has 2 aliphatic heterocycles. The summed E-state index contributed by atoms with van der Waals surface area (Å²) < 4.78 is 38.3. The van der Waals surface area contributed by atoms with Gasteiger partial charge in [0, 0.05) is 38.4 Å². The van der Waals surface area contributed by atoms with Crippen LogP contribution in [0.4, 0.5) is 10.6 Å². The first-order valence-corrected chi connectivity index (χ1v) is 13.4. The zero-order valence-corrected chi connectivity index (χ0v) is 21.2. The Labute approximate surface area is 212 Å². The fraction of sp³-hybridized carbons (Fsp3) is 0.409. The van der Waals surface area contributed by atoms with Crippen LogP contribution in [0.2, 0.25) is 5.15 Å². The number of hydrogen-bond acceptors (Lipinski definition) is 9. The minimum absolute atomic E-state index is 0.0418. The molecule has 3 aromatic rings. The Kier molecular flexibility index (Phi) is 6.29. The molecule has 2 N–H and O–H groups in total. The first kappa shape index (κ1) is 24.7. The van der Waals surface area contributed by atoms with Gasteiger partial charge in [0.15, 0.2) is 11.4 Å². The minimum Gasteiger partial charge on any atom is -0.494 e. The highest BCUT2D eigenvalue weighted by Crippen LogP contribution is 2.38. The zero-order chi connectivity index (χ0) is 25.7. The van der Waals surface area contributed by atoms with Crippen LogP contribution < -0.4 is 14.4 Å². The van der Waals surface area contributed by atoms with Gasteiger partial charge < -0.3 is 14.6 Å². The van der Waals surface area contributed by atoms with Crippen molar-refractivity contribution in [2.24, 2.45) is 0 Å². The smallest absolute Gasteiger partial charge is 0.416 e. The molecule has 192 valence electrons. The third-order valence-corrected chi connectivity index (χ3v) is 7.06. The highest BCUT2D eigenvalue weighted by molar-refractivity contribution is 7.88. The van der Waals surface area contributed by atoms with Crippen LogP contribution in [0.15, 0.2) is 30.5 Å². The van der Waals surface area contributed by atoms with E-state index in [4.69, 9.17) is 31.3 Å². The number of fused-ring (bicyclic) bond motifs is 1. The molecule has 2 fully saturated rings. The lowest BCUT2D eigenvalue weighted by atomic mass is 9.94. The molecule has 4 heterocycles. The van der Waals surface area contributed by atoms with E-state index in [1.54, 1.807) is 35.1 Å². The summed E-state index contributed by atoms with van der Waals surface area (Å²) in [7, 11) is -1.85. The van der Waals surface area contributed by atoms with Gasteiger partial charge in [0.05, 0.1) is 37.4 Å². The second-order valence-electron chi connectivity index (χ2n) is 8.93. The molecule has 2 saturated heterocycles. The Bertz CT molecular complexity index is 1440. The molecule has 2 aromatic heterocycles. The van der Waals surface area contributed by atoms with Crippen LogP contribution in [0, 0.1) is 0 Å². The number of carbonyl (C=O) groups is 1. The third-order valence-electron chi connectivity index (χ3n) is 6.19. The molecule has 0 atom stereocenters. The van der Waals surface area contributed by atoms with E-state index in [2.05, 4.69) is 9.71 Å². The third kappa shape index (κ3) is 4.60. The van der Waals surface area contributed by atoms with Crippen LogP contribution in [0.5, 0.6) is 5.75 Å². The van der Waals surface area contributed by atoms with E-state index >= 15 is 0 Å². The average molecular weight is 537 g/mol. The molecule has 2 aliphatic rings. The number of nitrogens with one attached hydrogen (secondary N) is 1. The van der Waals surface area contributed by atoms with Crippen LogP contribution in [-0.4, -0.2) is 91.0 Å². The topological polar surface area (TPSA) is 139 Å². The predicted molar refractivity (Wildman–Crippen MR) is 132 cm³/mol. The standard InChI is InChI=1S/C22H25ClN6O6S/c1-34-18-7-14(9-25-36(2,32)33)3-4-16(18)29-17-8-19(23)24-10-15(17)20(26-29)28-13-22(35-21(28)31)11-27(12-22)5-6-30/h3-4,7-8,10,25,30H,5-6,9,11-13H2,1-2H3. The number of ether oxygens (including phenoxy) is 2. The molecule has 0 radical (unpaired) electrons. The van der Waals surface area contributed by atoms with Gasteiger partial charge in [0.2, 0.25) is 10.0 Å². The number of anilines is 1. The number of aliphatic hydroxyl groups excluding tert-OH is 1. The number of amides is 1. The number of hydrogen-bond donors (Lipinski definition) is 2. The maximum atomic E-state index is 12.9. The first-order chi connectivity index (χ1) is 17.1. The van der Waals surface area contributed by atoms with E-state index in [1.165, 1.54) is 12.0 Å². The summed E-state index contributed by atoms with van der Waals surface area (Å²) in [5.41, 5.74) is 1.22. The van der Waals surface area contributed by atoms with Gasteiger partial charge >= 0.3 is 6.09 Å². The normalized spacial score (nSPS) is 17.6. The van der Waals surface area contributed by atoms with E-state index in [-0.39, 0.29) is 18.3 Å². The molecule has 1 spiro atoms. The Morgan fingerprint density at radius 2 is 2.06 bits per heavy atom. The van der Waals surface area contributed by atoms with Crippen LogP contribution in [0.1, 0.15) is 5.56 Å². The highest BCUT2D eigenvalue weighted by atomic mass is 35.5. The van der Waals surface area contributed by atoms with Gasteiger partial charge in [-0.25, -0.2) is 27.6 Å². The Balaban J connectivity index is 1.52. The number of aromatic nitrogens is 3. The second-order valence-corrected chi connectivity index (χ2v) is 11.2. The lowest BCUT2D eigenvalue weighted by Crippen LogP contribution is -2.64. The molecule has 0 unspecified atom stereocenters. The van der Waals surface area contributed by atoms with Crippen LogP contribution >= 0.6 is 11.6 Å². The number of rotatable bonds is 8. The summed E-state index contributed by atoms with van der Waals surface area (Å²) in [6, 6.07) is 6.88. The molecule has 0 aliphatic carbocycles. The molecule has 12 nitrogen and oxygen atoms in total. The van der Waals surface area contributed by atoms with E-state index in [1.807, 2.05) is 4.90 Å². The van der Waals surface area contributed by atoms with Crippen molar-refractivity contribution in [2.75, 3.05) is 51.1 Å². The average Bonchev–Trinajstić information content (AvgIpc) is 3.34. The van der Waals surface area contributed by atoms with E-state index in [0.717, 1.165) is 6.26 Å². The van der Waals surface area contributed by atoms with Crippen molar-refractivity contribution in [2.45, 2.75) is 12.1 Å². The second kappa shape index (κ2) is 9.16. The molecule has 36 heavy (non-hydrogen) atoms. The number of halogens is 1. The van der Waals surface area contributed by atoms with Crippen LogP contribution in [0.3, 0.4) is 0 Å². The summed E-state index contributed by atoms with van der Waals surface area (Å²) in [5, 5.41) is 14.7. The number of likely N-dealkylation sites (tertiary alicyclic amines) is 1. The molecule has 5 rings (SSSR count). The van der Waals surface area contributed by atoms with E-state index in [9.17, 15) is 13.2 Å². The number of nitrogens with zero attached hydrogens (tertiary/aromatic N) is 5. The summed E-state index contributed by atoms with van der Waals surface area (Å²) in [6.07, 6.45) is 2.15. The Morgan fingerprint density at radius 3 is 2.75 bits per heavy atom. The van der Waals surface area contributed by atoms with Gasteiger partial charge in [0.25, 0.3) is 0 Å². The van der Waals surface area contributed by atoms with Crippen molar-refractivity contribution in [1.82, 2.24) is 24.4 Å². The van der Waals surface area contributed by atoms with E-state index < -0.39 is 21.7 Å². The number of aliphatic hydroxyl groups is 1. The molecule has 14 heteroatoms. The maximum Gasteiger partial charge on any atom is 0.416 e. The maximum absolute atomic E-state index is 12.9. The molecule has 1 amide bonds. The fourth-order valence-electron chi connectivity index (χ4n) is 4.59. The summed E-state index contributed by atoms with van der Waals surface area (Å²) in [6.45, 7) is 2.06. The first-order valence-electron chi connectivity index (χ1n) is 11.1. The number of pyridine rings is 1. The Hall–Kier alpha value is -2.97. The van der Waals surface area contributed by atoms with Crippen molar-refractivity contribution in [1.29, 1.82) is 0 Å². The molecule has 0 saturated carbocycles. The van der Waals surface area contributed by atoms with Crippen molar-refractivity contribution >= 4 is 44.4 Å². The SMILES string of the molecule is COc1cc(CNS(C)(=O)=O)ccc1-n1nc(N2CC3(CN(CCO)C3)OC2=O)c2cnc(Cl)cc21. The van der Waals surface area contributed by atoms with Crippen molar-refractivity contribution in [3.8, 4) is 11.4 Å². The molecule has 1 aromatic carbocycles.